The fourth-order valence-corrected chi connectivity index (χ4v) is 3.79. The minimum absolute atomic E-state index is 0.0596. The number of pyridine rings is 2. The van der Waals surface area contributed by atoms with Crippen molar-refractivity contribution in [2.24, 2.45) is 0 Å². The highest BCUT2D eigenvalue weighted by Gasteiger charge is 2.15. The van der Waals surface area contributed by atoms with E-state index < -0.39 is 0 Å². The topological polar surface area (TPSA) is 85.4 Å². The van der Waals surface area contributed by atoms with E-state index in [4.69, 9.17) is 9.47 Å². The van der Waals surface area contributed by atoms with E-state index in [1.54, 1.807) is 19.5 Å². The number of hydrogen-bond donors (Lipinski definition) is 2. The van der Waals surface area contributed by atoms with Gasteiger partial charge in [0.1, 0.15) is 18.1 Å². The molecule has 0 amide bonds. The zero-order valence-electron chi connectivity index (χ0n) is 24.1. The quantitative estimate of drug-likeness (QED) is 0.216. The molecule has 2 N–H and O–H groups in total. The first-order valence-corrected chi connectivity index (χ1v) is 13.0. The molecule has 0 aliphatic carbocycles. The van der Waals surface area contributed by atoms with E-state index in [0.29, 0.717) is 17.9 Å². The predicted molar refractivity (Wildman–Crippen MR) is 163 cm³/mol. The SMILES string of the molecule is C=C(Nc1ccc(OCc2ccccn2)cc1)c1cc(NC)cnc1C.COc1ccc(C(C)(C)C)cc1C=O. The molecule has 0 saturated heterocycles. The van der Waals surface area contributed by atoms with Gasteiger partial charge in [0.25, 0.3) is 0 Å². The number of carbonyl (C=O) groups excluding carboxylic acids is 1. The summed E-state index contributed by atoms with van der Waals surface area (Å²) in [5, 5.41) is 6.42. The molecule has 0 unspecified atom stereocenters. The average molecular weight is 539 g/mol. The lowest BCUT2D eigenvalue weighted by Gasteiger charge is -2.19. The van der Waals surface area contributed by atoms with Crippen LogP contribution in [0.15, 0.2) is 85.7 Å². The molecule has 0 fully saturated rings. The Morgan fingerprint density at radius 3 is 2.35 bits per heavy atom. The van der Waals surface area contributed by atoms with Gasteiger partial charge < -0.3 is 20.1 Å². The van der Waals surface area contributed by atoms with Gasteiger partial charge in [-0.2, -0.15) is 0 Å². The number of nitrogens with one attached hydrogen (secondary N) is 2. The minimum atomic E-state index is 0.0596. The van der Waals surface area contributed by atoms with E-state index in [9.17, 15) is 4.79 Å². The maximum atomic E-state index is 10.8. The van der Waals surface area contributed by atoms with E-state index in [1.807, 2.05) is 80.7 Å². The number of aldehydes is 1. The van der Waals surface area contributed by atoms with Crippen LogP contribution >= 0.6 is 0 Å². The van der Waals surface area contributed by atoms with Gasteiger partial charge >= 0.3 is 0 Å². The molecular weight excluding hydrogens is 500 g/mol. The van der Waals surface area contributed by atoms with E-state index in [0.717, 1.165) is 51.6 Å². The maximum Gasteiger partial charge on any atom is 0.153 e. The summed E-state index contributed by atoms with van der Waals surface area (Å²) in [7, 11) is 3.44. The molecule has 0 atom stereocenters. The fourth-order valence-electron chi connectivity index (χ4n) is 3.79. The van der Waals surface area contributed by atoms with Gasteiger partial charge in [-0.3, -0.25) is 14.8 Å². The summed E-state index contributed by atoms with van der Waals surface area (Å²) in [6.45, 7) is 12.9. The zero-order valence-corrected chi connectivity index (χ0v) is 24.1. The number of benzene rings is 2. The van der Waals surface area contributed by atoms with Gasteiger partial charge in [-0.05, 0) is 72.5 Å². The molecule has 0 saturated carbocycles. The molecule has 7 nitrogen and oxygen atoms in total. The van der Waals surface area contributed by atoms with Gasteiger partial charge in [0.05, 0.1) is 30.3 Å². The minimum Gasteiger partial charge on any atom is -0.496 e. The molecular formula is C33H38N4O3. The van der Waals surface area contributed by atoms with Crippen LogP contribution in [0, 0.1) is 6.92 Å². The number of ether oxygens (including phenoxy) is 2. The molecule has 2 aromatic heterocycles. The highest BCUT2D eigenvalue weighted by atomic mass is 16.5. The molecule has 2 heterocycles. The van der Waals surface area contributed by atoms with Crippen molar-refractivity contribution in [2.45, 2.75) is 39.7 Å². The van der Waals surface area contributed by atoms with Crippen molar-refractivity contribution in [3.8, 4) is 11.5 Å². The average Bonchev–Trinajstić information content (AvgIpc) is 2.97. The Morgan fingerprint density at radius 1 is 1.00 bits per heavy atom. The summed E-state index contributed by atoms with van der Waals surface area (Å²) in [5.74, 6) is 1.43. The molecule has 7 heteroatoms. The normalized spacial score (nSPS) is 10.6. The Morgan fingerprint density at radius 2 is 1.75 bits per heavy atom. The number of aromatic nitrogens is 2. The van der Waals surface area contributed by atoms with Crippen LogP contribution in [0.5, 0.6) is 11.5 Å². The summed E-state index contributed by atoms with van der Waals surface area (Å²) >= 11 is 0. The largest absolute Gasteiger partial charge is 0.496 e. The lowest BCUT2D eigenvalue weighted by atomic mass is 9.86. The number of carbonyl (C=O) groups is 1. The van der Waals surface area contributed by atoms with Gasteiger partial charge in [0.15, 0.2) is 6.29 Å². The van der Waals surface area contributed by atoms with Gasteiger partial charge in [-0.1, -0.05) is 39.5 Å². The number of aryl methyl sites for hydroxylation is 1. The van der Waals surface area contributed by atoms with Crippen molar-refractivity contribution in [3.63, 3.8) is 0 Å². The second kappa shape index (κ2) is 13.9. The van der Waals surface area contributed by atoms with Crippen molar-refractivity contribution < 1.29 is 14.3 Å². The zero-order chi connectivity index (χ0) is 29.1. The first-order valence-electron chi connectivity index (χ1n) is 13.0. The van der Waals surface area contributed by atoms with Gasteiger partial charge in [0.2, 0.25) is 0 Å². The van der Waals surface area contributed by atoms with Gasteiger partial charge in [-0.15, -0.1) is 0 Å². The first kappa shape index (κ1) is 29.9. The van der Waals surface area contributed by atoms with Crippen LogP contribution < -0.4 is 20.1 Å². The summed E-state index contributed by atoms with van der Waals surface area (Å²) in [6, 6.07) is 21.3. The number of rotatable bonds is 9. The number of hydrogen-bond acceptors (Lipinski definition) is 7. The van der Waals surface area contributed by atoms with E-state index in [1.165, 1.54) is 0 Å². The number of anilines is 2. The molecule has 0 radical (unpaired) electrons. The van der Waals surface area contributed by atoms with Crippen LogP contribution in [0.1, 0.15) is 53.6 Å². The fraction of sp³-hybridized carbons (Fsp3) is 0.242. The molecule has 0 spiro atoms. The molecule has 0 aliphatic heterocycles. The molecule has 0 aliphatic rings. The smallest absolute Gasteiger partial charge is 0.153 e. The summed E-state index contributed by atoms with van der Waals surface area (Å²) in [4.78, 5) is 19.4. The third kappa shape index (κ3) is 8.43. The summed E-state index contributed by atoms with van der Waals surface area (Å²) in [6.07, 6.45) is 4.39. The Bertz CT molecular complexity index is 1410. The lowest BCUT2D eigenvalue weighted by Crippen LogP contribution is -2.11. The summed E-state index contributed by atoms with van der Waals surface area (Å²) < 4.78 is 10.8. The van der Waals surface area contributed by atoms with Crippen LogP contribution in [-0.4, -0.2) is 30.4 Å². The second-order valence-corrected chi connectivity index (χ2v) is 10.2. The Hall–Kier alpha value is -4.65. The molecule has 208 valence electrons. The van der Waals surface area contributed by atoms with Crippen molar-refractivity contribution in [1.29, 1.82) is 0 Å². The number of nitrogens with zero attached hydrogens (tertiary/aromatic N) is 2. The maximum absolute atomic E-state index is 10.8. The number of methoxy groups -OCH3 is 1. The van der Waals surface area contributed by atoms with E-state index in [2.05, 4.69) is 48.0 Å². The lowest BCUT2D eigenvalue weighted by molar-refractivity contribution is 0.112. The predicted octanol–water partition coefficient (Wildman–Crippen LogP) is 7.29. The van der Waals surface area contributed by atoms with Crippen molar-refractivity contribution in [3.05, 3.63) is 114 Å². The Kier molecular flexibility index (Phi) is 10.4. The third-order valence-electron chi connectivity index (χ3n) is 6.19. The van der Waals surface area contributed by atoms with E-state index in [-0.39, 0.29) is 5.41 Å². The van der Waals surface area contributed by atoms with Crippen LogP contribution in [0.4, 0.5) is 11.4 Å². The standard InChI is InChI=1S/C21H22N4O.C12H16O2/c1-15-21(12-19(22-3)13-24-15)16(2)25-17-7-9-20(10-8-17)26-14-18-6-4-5-11-23-18;1-12(2,3)10-5-6-11(14-4)9(7-10)8-13/h4-13,22,25H,2,14H2,1,3H3;5-8H,1-4H3. The third-order valence-corrected chi connectivity index (χ3v) is 6.19. The highest BCUT2D eigenvalue weighted by molar-refractivity contribution is 5.80. The Balaban J connectivity index is 0.000000267. The second-order valence-electron chi connectivity index (χ2n) is 10.2. The van der Waals surface area contributed by atoms with Crippen molar-refractivity contribution in [2.75, 3.05) is 24.8 Å². The van der Waals surface area contributed by atoms with Gasteiger partial charge in [-0.25, -0.2) is 0 Å². The van der Waals surface area contributed by atoms with Crippen LogP contribution in [0.3, 0.4) is 0 Å². The summed E-state index contributed by atoms with van der Waals surface area (Å²) in [5.41, 5.74) is 7.31. The monoisotopic (exact) mass is 538 g/mol. The van der Waals surface area contributed by atoms with Crippen molar-refractivity contribution in [1.82, 2.24) is 9.97 Å². The van der Waals surface area contributed by atoms with E-state index >= 15 is 0 Å². The molecule has 0 bridgehead atoms. The first-order chi connectivity index (χ1) is 19.1. The van der Waals surface area contributed by atoms with Gasteiger partial charge in [0, 0.05) is 35.9 Å². The highest BCUT2D eigenvalue weighted by Crippen LogP contribution is 2.27. The van der Waals surface area contributed by atoms with Crippen LogP contribution in [-0.2, 0) is 12.0 Å². The van der Waals surface area contributed by atoms with Crippen molar-refractivity contribution >= 4 is 23.4 Å². The molecule has 4 aromatic rings. The van der Waals surface area contributed by atoms with Crippen LogP contribution in [0.25, 0.3) is 5.70 Å². The molecule has 40 heavy (non-hydrogen) atoms. The molecule has 2 aromatic carbocycles. The Labute approximate surface area is 237 Å². The van der Waals surface area contributed by atoms with Crippen LogP contribution in [0.2, 0.25) is 0 Å². The molecule has 4 rings (SSSR count).